The van der Waals surface area contributed by atoms with Crippen LogP contribution in [0, 0.1) is 6.92 Å². The van der Waals surface area contributed by atoms with E-state index in [2.05, 4.69) is 9.97 Å². The van der Waals surface area contributed by atoms with Gasteiger partial charge in [0.1, 0.15) is 11.2 Å². The first-order valence-electron chi connectivity index (χ1n) is 5.06. The Kier molecular flexibility index (Phi) is 2.49. The molecule has 0 aliphatic carbocycles. The Bertz CT molecular complexity index is 545. The van der Waals surface area contributed by atoms with Crippen molar-refractivity contribution in [3.63, 3.8) is 0 Å². The highest BCUT2D eigenvalue weighted by Crippen LogP contribution is 2.06. The molecule has 0 fully saturated rings. The third kappa shape index (κ3) is 1.63. The minimum atomic E-state index is -0.0388. The summed E-state index contributed by atoms with van der Waals surface area (Å²) < 4.78 is 1.69. The lowest BCUT2D eigenvalue weighted by Crippen LogP contribution is -2.24. The van der Waals surface area contributed by atoms with E-state index in [1.165, 1.54) is 0 Å². The summed E-state index contributed by atoms with van der Waals surface area (Å²) in [6.45, 7) is 4.47. The Labute approximate surface area is 87.6 Å². The first-order valence-corrected chi connectivity index (χ1v) is 5.06. The van der Waals surface area contributed by atoms with Crippen molar-refractivity contribution in [1.29, 1.82) is 0 Å². The summed E-state index contributed by atoms with van der Waals surface area (Å²) in [4.78, 5) is 20.3. The Morgan fingerprint density at radius 1 is 1.47 bits per heavy atom. The molecule has 0 spiro atoms. The lowest BCUT2D eigenvalue weighted by atomic mass is 10.3. The smallest absolute Gasteiger partial charge is 0.273 e. The molecule has 0 amide bonds. The molecule has 0 saturated heterocycles. The van der Waals surface area contributed by atoms with Gasteiger partial charge in [-0.2, -0.15) is 0 Å². The van der Waals surface area contributed by atoms with E-state index in [1.807, 2.05) is 19.1 Å². The van der Waals surface area contributed by atoms with Crippen molar-refractivity contribution in [2.24, 2.45) is 0 Å². The van der Waals surface area contributed by atoms with Crippen molar-refractivity contribution in [3.8, 4) is 0 Å². The van der Waals surface area contributed by atoms with Crippen molar-refractivity contribution in [2.75, 3.05) is 0 Å². The molecule has 0 aliphatic rings. The van der Waals surface area contributed by atoms with Gasteiger partial charge in [-0.15, -0.1) is 0 Å². The van der Waals surface area contributed by atoms with Crippen LogP contribution in [0.25, 0.3) is 11.2 Å². The van der Waals surface area contributed by atoms with E-state index in [4.69, 9.17) is 0 Å². The fourth-order valence-corrected chi connectivity index (χ4v) is 1.63. The number of fused-ring (bicyclic) bond motifs is 1. The van der Waals surface area contributed by atoms with Gasteiger partial charge in [0.2, 0.25) is 0 Å². The van der Waals surface area contributed by atoms with Gasteiger partial charge in [-0.3, -0.25) is 9.36 Å². The van der Waals surface area contributed by atoms with E-state index in [0.29, 0.717) is 17.9 Å². The van der Waals surface area contributed by atoms with Gasteiger partial charge in [0.25, 0.3) is 5.56 Å². The molecule has 2 rings (SSSR count). The number of rotatable bonds is 2. The Morgan fingerprint density at radius 3 is 3.00 bits per heavy atom. The average Bonchev–Trinajstić information content (AvgIpc) is 2.25. The maximum Gasteiger partial charge on any atom is 0.273 e. The highest BCUT2D eigenvalue weighted by Gasteiger charge is 2.07. The van der Waals surface area contributed by atoms with E-state index in [0.717, 1.165) is 11.9 Å². The third-order valence-electron chi connectivity index (χ3n) is 2.31. The number of pyridine rings is 1. The van der Waals surface area contributed by atoms with Gasteiger partial charge in [-0.1, -0.05) is 6.92 Å². The van der Waals surface area contributed by atoms with Crippen LogP contribution in [0.15, 0.2) is 23.1 Å². The second-order valence-electron chi connectivity index (χ2n) is 3.50. The van der Waals surface area contributed by atoms with Crippen LogP contribution in [0.3, 0.4) is 0 Å². The number of aromatic nitrogens is 3. The van der Waals surface area contributed by atoms with E-state index in [-0.39, 0.29) is 5.56 Å². The summed E-state index contributed by atoms with van der Waals surface area (Å²) in [5.41, 5.74) is 1.95. The molecular weight excluding hydrogens is 190 g/mol. The highest BCUT2D eigenvalue weighted by atomic mass is 16.1. The molecular formula is C11H13N3O. The van der Waals surface area contributed by atoms with Gasteiger partial charge in [-0.25, -0.2) is 9.97 Å². The van der Waals surface area contributed by atoms with Gasteiger partial charge in [0.05, 0.1) is 0 Å². The molecule has 0 aliphatic heterocycles. The fourth-order valence-electron chi connectivity index (χ4n) is 1.63. The van der Waals surface area contributed by atoms with Crippen molar-refractivity contribution in [3.05, 3.63) is 34.4 Å². The minimum absolute atomic E-state index is 0.0388. The zero-order chi connectivity index (χ0) is 10.8. The molecule has 0 bridgehead atoms. The predicted octanol–water partition coefficient (Wildman–Crippen LogP) is 1.51. The SMILES string of the molecule is CCCn1c(=O)c(C)nc2cccnc21. The van der Waals surface area contributed by atoms with Crippen LogP contribution in [-0.2, 0) is 6.54 Å². The molecule has 2 heterocycles. The first kappa shape index (κ1) is 9.83. The Hall–Kier alpha value is -1.71. The number of hydrogen-bond acceptors (Lipinski definition) is 3. The summed E-state index contributed by atoms with van der Waals surface area (Å²) in [5.74, 6) is 0. The third-order valence-corrected chi connectivity index (χ3v) is 2.31. The fraction of sp³-hybridized carbons (Fsp3) is 0.364. The Morgan fingerprint density at radius 2 is 2.27 bits per heavy atom. The molecule has 4 heteroatoms. The lowest BCUT2D eigenvalue weighted by Gasteiger charge is -2.07. The van der Waals surface area contributed by atoms with Crippen molar-refractivity contribution in [1.82, 2.24) is 14.5 Å². The first-order chi connectivity index (χ1) is 7.24. The maximum absolute atomic E-state index is 11.8. The summed E-state index contributed by atoms with van der Waals surface area (Å²) in [5, 5.41) is 0. The molecule has 0 atom stereocenters. The zero-order valence-corrected chi connectivity index (χ0v) is 8.90. The quantitative estimate of drug-likeness (QED) is 0.743. The summed E-state index contributed by atoms with van der Waals surface area (Å²) in [6, 6.07) is 3.70. The van der Waals surface area contributed by atoms with Crippen LogP contribution in [0.5, 0.6) is 0 Å². The maximum atomic E-state index is 11.8. The monoisotopic (exact) mass is 203 g/mol. The summed E-state index contributed by atoms with van der Waals surface area (Å²) in [7, 11) is 0. The second-order valence-corrected chi connectivity index (χ2v) is 3.50. The van der Waals surface area contributed by atoms with Gasteiger partial charge in [0, 0.05) is 12.7 Å². The molecule has 4 nitrogen and oxygen atoms in total. The average molecular weight is 203 g/mol. The predicted molar refractivity (Wildman–Crippen MR) is 58.8 cm³/mol. The van der Waals surface area contributed by atoms with Crippen LogP contribution in [0.1, 0.15) is 19.0 Å². The van der Waals surface area contributed by atoms with Crippen LogP contribution >= 0.6 is 0 Å². The molecule has 0 saturated carbocycles. The van der Waals surface area contributed by atoms with Crippen LogP contribution < -0.4 is 5.56 Å². The molecule has 78 valence electrons. The summed E-state index contributed by atoms with van der Waals surface area (Å²) >= 11 is 0. The van der Waals surface area contributed by atoms with E-state index in [9.17, 15) is 4.79 Å². The number of nitrogens with zero attached hydrogens (tertiary/aromatic N) is 3. The largest absolute Gasteiger partial charge is 0.290 e. The molecule has 0 aromatic carbocycles. The van der Waals surface area contributed by atoms with Gasteiger partial charge in [0.15, 0.2) is 5.65 Å². The van der Waals surface area contributed by atoms with E-state index in [1.54, 1.807) is 17.7 Å². The number of aryl methyl sites for hydroxylation is 2. The number of hydrogen-bond donors (Lipinski definition) is 0. The van der Waals surface area contributed by atoms with E-state index < -0.39 is 0 Å². The van der Waals surface area contributed by atoms with Gasteiger partial charge >= 0.3 is 0 Å². The topological polar surface area (TPSA) is 47.8 Å². The van der Waals surface area contributed by atoms with Crippen LogP contribution in [0.4, 0.5) is 0 Å². The molecule has 0 radical (unpaired) electrons. The standard InChI is InChI=1S/C11H13N3O/c1-3-7-14-10-9(5-4-6-12-10)13-8(2)11(14)15/h4-6H,3,7H2,1-2H3. The Balaban J connectivity index is 2.83. The molecule has 0 N–H and O–H groups in total. The molecule has 2 aromatic heterocycles. The lowest BCUT2D eigenvalue weighted by molar-refractivity contribution is 0.663. The van der Waals surface area contributed by atoms with Gasteiger partial charge < -0.3 is 0 Å². The van der Waals surface area contributed by atoms with Crippen molar-refractivity contribution < 1.29 is 0 Å². The van der Waals surface area contributed by atoms with Gasteiger partial charge in [-0.05, 0) is 25.5 Å². The second kappa shape index (κ2) is 3.81. The van der Waals surface area contributed by atoms with E-state index >= 15 is 0 Å². The normalized spacial score (nSPS) is 10.8. The van der Waals surface area contributed by atoms with Crippen LogP contribution in [-0.4, -0.2) is 14.5 Å². The molecule has 2 aromatic rings. The zero-order valence-electron chi connectivity index (χ0n) is 8.90. The van der Waals surface area contributed by atoms with Crippen LogP contribution in [0.2, 0.25) is 0 Å². The summed E-state index contributed by atoms with van der Waals surface area (Å²) in [6.07, 6.45) is 2.60. The van der Waals surface area contributed by atoms with Crippen molar-refractivity contribution in [2.45, 2.75) is 26.8 Å². The molecule has 0 unspecified atom stereocenters. The van der Waals surface area contributed by atoms with Crippen molar-refractivity contribution >= 4 is 11.2 Å². The minimum Gasteiger partial charge on any atom is -0.290 e. The highest BCUT2D eigenvalue weighted by molar-refractivity contribution is 5.69. The molecule has 15 heavy (non-hydrogen) atoms.